The number of aliphatic imine (C=N–C) groups is 1. The molecule has 6 heteroatoms. The normalized spacial score (nSPS) is 13.5. The van der Waals surface area contributed by atoms with Crippen LogP contribution in [0.5, 0.6) is 17.2 Å². The standard InChI is InChI=1S/C20H25N3O2.HI/c1-21-20(22-13-15-7-8-15)23-14-16-9-11-17(12-10-16)25-19-6-4-3-5-18(19)24-2;/h3-6,9-12,15H,7-8,13-14H2,1-2H3,(H2,21,22,23);1H. The van der Waals surface area contributed by atoms with Gasteiger partial charge in [-0.05, 0) is 48.6 Å². The summed E-state index contributed by atoms with van der Waals surface area (Å²) in [7, 11) is 3.44. The van der Waals surface area contributed by atoms with Gasteiger partial charge in [-0.15, -0.1) is 24.0 Å². The largest absolute Gasteiger partial charge is 0.493 e. The first-order valence-corrected chi connectivity index (χ1v) is 8.63. The molecule has 1 aliphatic carbocycles. The van der Waals surface area contributed by atoms with Crippen molar-refractivity contribution >= 4 is 29.9 Å². The van der Waals surface area contributed by atoms with E-state index in [0.29, 0.717) is 5.75 Å². The number of guanidine groups is 1. The van der Waals surface area contributed by atoms with Crippen LogP contribution in [0.1, 0.15) is 18.4 Å². The molecule has 0 aromatic heterocycles. The molecule has 26 heavy (non-hydrogen) atoms. The van der Waals surface area contributed by atoms with E-state index >= 15 is 0 Å². The van der Waals surface area contributed by atoms with Crippen LogP contribution in [-0.2, 0) is 6.54 Å². The quantitative estimate of drug-likeness (QED) is 0.365. The SMILES string of the molecule is CN=C(NCc1ccc(Oc2ccccc2OC)cc1)NCC1CC1.I. The third-order valence-electron chi connectivity index (χ3n) is 4.16. The molecule has 0 saturated heterocycles. The summed E-state index contributed by atoms with van der Waals surface area (Å²) >= 11 is 0. The lowest BCUT2D eigenvalue weighted by Gasteiger charge is -2.12. The molecule has 0 heterocycles. The van der Waals surface area contributed by atoms with Gasteiger partial charge in [0.05, 0.1) is 7.11 Å². The van der Waals surface area contributed by atoms with Gasteiger partial charge in [-0.3, -0.25) is 4.99 Å². The Kier molecular flexibility index (Phi) is 8.03. The van der Waals surface area contributed by atoms with E-state index in [1.165, 1.54) is 18.4 Å². The summed E-state index contributed by atoms with van der Waals surface area (Å²) in [6.07, 6.45) is 2.66. The van der Waals surface area contributed by atoms with Crippen LogP contribution in [-0.4, -0.2) is 26.7 Å². The summed E-state index contributed by atoms with van der Waals surface area (Å²) in [4.78, 5) is 4.25. The number of nitrogens with one attached hydrogen (secondary N) is 2. The molecule has 0 aliphatic heterocycles. The Morgan fingerprint density at radius 2 is 1.73 bits per heavy atom. The van der Waals surface area contributed by atoms with Gasteiger partial charge in [-0.2, -0.15) is 0 Å². The number of ether oxygens (including phenoxy) is 2. The highest BCUT2D eigenvalue weighted by molar-refractivity contribution is 14.0. The number of methoxy groups -OCH3 is 1. The molecule has 2 N–H and O–H groups in total. The minimum Gasteiger partial charge on any atom is -0.493 e. The third-order valence-corrected chi connectivity index (χ3v) is 4.16. The molecule has 1 saturated carbocycles. The molecule has 0 unspecified atom stereocenters. The summed E-state index contributed by atoms with van der Waals surface area (Å²) in [6.45, 7) is 1.73. The number of hydrogen-bond acceptors (Lipinski definition) is 3. The van der Waals surface area contributed by atoms with Crippen molar-refractivity contribution in [2.75, 3.05) is 20.7 Å². The maximum atomic E-state index is 5.89. The molecular formula is C20H26IN3O2. The van der Waals surface area contributed by atoms with Crippen molar-refractivity contribution in [2.45, 2.75) is 19.4 Å². The predicted octanol–water partition coefficient (Wildman–Crippen LogP) is 4.18. The molecule has 3 rings (SSSR count). The Morgan fingerprint density at radius 3 is 2.35 bits per heavy atom. The maximum absolute atomic E-state index is 5.89. The lowest BCUT2D eigenvalue weighted by Crippen LogP contribution is -2.37. The number of rotatable bonds is 7. The van der Waals surface area contributed by atoms with Crippen molar-refractivity contribution in [3.63, 3.8) is 0 Å². The minimum atomic E-state index is 0. The first-order chi connectivity index (χ1) is 12.3. The van der Waals surface area contributed by atoms with Crippen LogP contribution in [0.4, 0.5) is 0 Å². The number of halogens is 1. The lowest BCUT2D eigenvalue weighted by atomic mass is 10.2. The van der Waals surface area contributed by atoms with Crippen molar-refractivity contribution in [2.24, 2.45) is 10.9 Å². The summed E-state index contributed by atoms with van der Waals surface area (Å²) < 4.78 is 11.2. The van der Waals surface area contributed by atoms with Gasteiger partial charge in [0.1, 0.15) is 5.75 Å². The molecule has 2 aromatic rings. The van der Waals surface area contributed by atoms with Crippen molar-refractivity contribution in [3.8, 4) is 17.2 Å². The van der Waals surface area contributed by atoms with Crippen LogP contribution < -0.4 is 20.1 Å². The van der Waals surface area contributed by atoms with Gasteiger partial charge in [0.25, 0.3) is 0 Å². The van der Waals surface area contributed by atoms with E-state index in [2.05, 4.69) is 15.6 Å². The second-order valence-electron chi connectivity index (χ2n) is 6.15. The topological polar surface area (TPSA) is 54.9 Å². The molecule has 0 atom stereocenters. The Labute approximate surface area is 172 Å². The number of nitrogens with zero attached hydrogens (tertiary/aromatic N) is 1. The van der Waals surface area contributed by atoms with Gasteiger partial charge >= 0.3 is 0 Å². The lowest BCUT2D eigenvalue weighted by molar-refractivity contribution is 0.379. The molecule has 2 aromatic carbocycles. The Balaban J connectivity index is 0.00000243. The highest BCUT2D eigenvalue weighted by atomic mass is 127. The summed E-state index contributed by atoms with van der Waals surface area (Å²) in [5.74, 6) is 3.88. The van der Waals surface area contributed by atoms with Crippen LogP contribution in [0.15, 0.2) is 53.5 Å². The van der Waals surface area contributed by atoms with Crippen LogP contribution in [0.3, 0.4) is 0 Å². The van der Waals surface area contributed by atoms with E-state index in [9.17, 15) is 0 Å². The molecule has 140 valence electrons. The first kappa shape index (κ1) is 20.4. The van der Waals surface area contributed by atoms with Gasteiger partial charge in [-0.1, -0.05) is 24.3 Å². The first-order valence-electron chi connectivity index (χ1n) is 8.63. The van der Waals surface area contributed by atoms with Crippen LogP contribution in [0.25, 0.3) is 0 Å². The molecule has 0 amide bonds. The zero-order valence-electron chi connectivity index (χ0n) is 15.2. The van der Waals surface area contributed by atoms with E-state index in [1.54, 1.807) is 14.2 Å². The monoisotopic (exact) mass is 467 g/mol. The smallest absolute Gasteiger partial charge is 0.191 e. The van der Waals surface area contributed by atoms with Gasteiger partial charge in [0.15, 0.2) is 17.5 Å². The zero-order valence-corrected chi connectivity index (χ0v) is 17.5. The van der Waals surface area contributed by atoms with E-state index in [1.807, 2.05) is 48.5 Å². The fraction of sp³-hybridized carbons (Fsp3) is 0.350. The van der Waals surface area contributed by atoms with Crippen LogP contribution >= 0.6 is 24.0 Å². The van der Waals surface area contributed by atoms with E-state index in [-0.39, 0.29) is 24.0 Å². The van der Waals surface area contributed by atoms with Crippen molar-refractivity contribution < 1.29 is 9.47 Å². The van der Waals surface area contributed by atoms with Crippen molar-refractivity contribution in [1.82, 2.24) is 10.6 Å². The molecule has 5 nitrogen and oxygen atoms in total. The van der Waals surface area contributed by atoms with Crippen LogP contribution in [0, 0.1) is 5.92 Å². The zero-order chi connectivity index (χ0) is 17.5. The van der Waals surface area contributed by atoms with Crippen LogP contribution in [0.2, 0.25) is 0 Å². The Hall–Kier alpha value is -1.96. The Morgan fingerprint density at radius 1 is 1.04 bits per heavy atom. The molecular weight excluding hydrogens is 441 g/mol. The van der Waals surface area contributed by atoms with E-state index < -0.39 is 0 Å². The van der Waals surface area contributed by atoms with E-state index in [0.717, 1.165) is 36.5 Å². The fourth-order valence-corrected chi connectivity index (χ4v) is 2.47. The van der Waals surface area contributed by atoms with Gasteiger partial charge < -0.3 is 20.1 Å². The summed E-state index contributed by atoms with van der Waals surface area (Å²) in [5.41, 5.74) is 1.17. The van der Waals surface area contributed by atoms with E-state index in [4.69, 9.17) is 9.47 Å². The van der Waals surface area contributed by atoms with Crippen molar-refractivity contribution in [3.05, 3.63) is 54.1 Å². The van der Waals surface area contributed by atoms with Gasteiger partial charge in [0.2, 0.25) is 0 Å². The second-order valence-corrected chi connectivity index (χ2v) is 6.15. The predicted molar refractivity (Wildman–Crippen MR) is 116 cm³/mol. The highest BCUT2D eigenvalue weighted by Gasteiger charge is 2.20. The summed E-state index contributed by atoms with van der Waals surface area (Å²) in [5, 5.41) is 6.69. The fourth-order valence-electron chi connectivity index (χ4n) is 2.47. The number of para-hydroxylation sites is 2. The maximum Gasteiger partial charge on any atom is 0.191 e. The molecule has 0 bridgehead atoms. The van der Waals surface area contributed by atoms with Gasteiger partial charge in [-0.25, -0.2) is 0 Å². The van der Waals surface area contributed by atoms with Crippen molar-refractivity contribution in [1.29, 1.82) is 0 Å². The number of hydrogen-bond donors (Lipinski definition) is 2. The molecule has 1 fully saturated rings. The molecule has 0 radical (unpaired) electrons. The van der Waals surface area contributed by atoms with Gasteiger partial charge in [0, 0.05) is 20.1 Å². The average Bonchev–Trinajstić information content (AvgIpc) is 3.48. The highest BCUT2D eigenvalue weighted by Crippen LogP contribution is 2.31. The average molecular weight is 467 g/mol. The second kappa shape index (κ2) is 10.3. The summed E-state index contributed by atoms with van der Waals surface area (Å²) in [6, 6.07) is 15.6. The molecule has 1 aliphatic rings. The molecule has 0 spiro atoms. The Bertz CT molecular complexity index is 715. The number of benzene rings is 2. The third kappa shape index (κ3) is 6.09. The minimum absolute atomic E-state index is 0.